The summed E-state index contributed by atoms with van der Waals surface area (Å²) in [5, 5.41) is 25.4. The summed E-state index contributed by atoms with van der Waals surface area (Å²) in [4.78, 5) is 32.1. The fourth-order valence-corrected chi connectivity index (χ4v) is 5.65. The Morgan fingerprint density at radius 3 is 2.19 bits per heavy atom. The number of aromatic nitrogens is 4. The lowest BCUT2D eigenvalue weighted by atomic mass is 9.77. The third-order valence-corrected chi connectivity index (χ3v) is 8.45. The number of nitriles is 2. The predicted octanol–water partition coefficient (Wildman–Crippen LogP) is 8.36. The molecule has 0 aliphatic heterocycles. The number of hydrogen-bond acceptors (Lipinski definition) is 8. The maximum absolute atomic E-state index is 12.5. The highest BCUT2D eigenvalue weighted by atomic mass is 35.5. The van der Waals surface area contributed by atoms with Gasteiger partial charge in [-0.1, -0.05) is 86.6 Å². The van der Waals surface area contributed by atoms with Crippen LogP contribution in [0.3, 0.4) is 0 Å². The molecule has 52 heavy (non-hydrogen) atoms. The lowest BCUT2D eigenvalue weighted by Gasteiger charge is -2.27. The molecule has 1 N–H and O–H groups in total. The average Bonchev–Trinajstić information content (AvgIpc) is 3.66. The van der Waals surface area contributed by atoms with Crippen molar-refractivity contribution in [1.29, 1.82) is 10.5 Å². The molecule has 1 atom stereocenters. The van der Waals surface area contributed by atoms with Gasteiger partial charge in [0.1, 0.15) is 24.6 Å². The van der Waals surface area contributed by atoms with Crippen molar-refractivity contribution in [2.45, 2.75) is 64.6 Å². The Kier molecular flexibility index (Phi) is 19.0. The number of aryl methyl sites for hydroxylation is 1. The van der Waals surface area contributed by atoms with E-state index < -0.39 is 28.6 Å². The molecule has 0 bridgehead atoms. The minimum Gasteiger partial charge on any atom is -0.339 e. The second-order valence-corrected chi connectivity index (χ2v) is 12.9. The number of hydrogen-bond donors (Lipinski definition) is 1. The third-order valence-electron chi connectivity index (χ3n) is 7.40. The Labute approximate surface area is 312 Å². The van der Waals surface area contributed by atoms with Gasteiger partial charge in [0, 0.05) is 30.5 Å². The number of rotatable bonds is 13. The number of carbonyl (C=O) groups is 2. The first-order valence-corrected chi connectivity index (χ1v) is 17.9. The Hall–Kier alpha value is -4.92. The van der Waals surface area contributed by atoms with E-state index in [1.165, 1.54) is 18.1 Å². The van der Waals surface area contributed by atoms with E-state index in [2.05, 4.69) is 35.0 Å². The summed E-state index contributed by atoms with van der Waals surface area (Å²) in [6.45, 7) is 8.14. The van der Waals surface area contributed by atoms with Crippen molar-refractivity contribution >= 4 is 34.5 Å². The molecular weight excluding hydrogens is 713 g/mol. The minimum atomic E-state index is -4.62. The number of nitrogens with zero attached hydrogens (tertiary/aromatic N) is 7. The summed E-state index contributed by atoms with van der Waals surface area (Å²) in [7, 11) is 0. The van der Waals surface area contributed by atoms with E-state index >= 15 is 0 Å². The first kappa shape index (κ1) is 43.2. The second-order valence-electron chi connectivity index (χ2n) is 11.2. The zero-order valence-electron chi connectivity index (χ0n) is 29.3. The van der Waals surface area contributed by atoms with Gasteiger partial charge in [0.05, 0.1) is 29.8 Å². The van der Waals surface area contributed by atoms with E-state index in [0.717, 1.165) is 66.6 Å². The molecule has 0 spiro atoms. The Morgan fingerprint density at radius 2 is 1.65 bits per heavy atom. The number of pyridine rings is 1. The molecular formula is C37H42ClF3N8O2S. The van der Waals surface area contributed by atoms with Crippen LogP contribution in [0.5, 0.6) is 0 Å². The van der Waals surface area contributed by atoms with Crippen molar-refractivity contribution < 1.29 is 22.8 Å². The van der Waals surface area contributed by atoms with E-state index in [4.69, 9.17) is 16.9 Å². The van der Waals surface area contributed by atoms with Crippen LogP contribution in [0.4, 0.5) is 18.0 Å². The summed E-state index contributed by atoms with van der Waals surface area (Å²) in [5.41, 5.74) is -0.164. The maximum atomic E-state index is 12.5. The molecule has 4 aromatic rings. The second kappa shape index (κ2) is 22.8. The topological polar surface area (TPSA) is 141 Å². The molecule has 0 aliphatic carbocycles. The molecule has 0 saturated heterocycles. The van der Waals surface area contributed by atoms with Crippen LogP contribution in [0.2, 0.25) is 5.02 Å². The van der Waals surface area contributed by atoms with Crippen LogP contribution in [0.15, 0.2) is 85.7 Å². The zero-order chi connectivity index (χ0) is 38.4. The van der Waals surface area contributed by atoms with Crippen LogP contribution in [0.25, 0.3) is 0 Å². The Bertz CT molecular complexity index is 1720. The number of nitrogens with one attached hydrogen (secondary N) is 1. The number of benzene rings is 2. The number of amides is 2. The van der Waals surface area contributed by atoms with Crippen LogP contribution >= 0.6 is 23.4 Å². The molecule has 4 rings (SSSR count). The lowest BCUT2D eigenvalue weighted by Crippen LogP contribution is -2.31. The van der Waals surface area contributed by atoms with Crippen LogP contribution in [0.1, 0.15) is 67.1 Å². The molecule has 2 amide bonds. The van der Waals surface area contributed by atoms with E-state index in [0.29, 0.717) is 19.0 Å². The summed E-state index contributed by atoms with van der Waals surface area (Å²) in [5.74, 6) is -0.0927. The summed E-state index contributed by atoms with van der Waals surface area (Å²) in [6.07, 6.45) is 3.86. The zero-order valence-corrected chi connectivity index (χ0v) is 30.9. The van der Waals surface area contributed by atoms with Crippen molar-refractivity contribution in [2.24, 2.45) is 0 Å². The highest BCUT2D eigenvalue weighted by molar-refractivity contribution is 8.13. The fourth-order valence-electron chi connectivity index (χ4n) is 4.91. The van der Waals surface area contributed by atoms with Gasteiger partial charge in [0.2, 0.25) is 0 Å². The number of carbonyl (C=O) groups excluding carboxylic acids is 2. The van der Waals surface area contributed by atoms with Crippen LogP contribution in [-0.4, -0.2) is 61.2 Å². The highest BCUT2D eigenvalue weighted by Gasteiger charge is 2.35. The molecule has 10 nitrogen and oxygen atoms in total. The molecule has 2 aromatic carbocycles. The van der Waals surface area contributed by atoms with Gasteiger partial charge in [0.15, 0.2) is 0 Å². The standard InChI is InChI=1S/C19H17ClN4.C9H6F3N3O.C9H19NOS/c20-18-8-6-16(7-9-18)10-11-19(12-21,13-24-15-22-14-23-24)17-4-2-1-3-5-17;10-9(11,12)7-1-3-14-5-6(7)8(16)15-4-2-13;1-4-7-10(8-5-2)9(11)12-6-3/h1-9,14-15H,10-11,13H2;1,3,5H,4H2,(H,15,16);4-8H2,1-3H3. The van der Waals surface area contributed by atoms with Gasteiger partial charge in [-0.15, -0.1) is 0 Å². The highest BCUT2D eigenvalue weighted by Crippen LogP contribution is 2.32. The number of halogens is 4. The van der Waals surface area contributed by atoms with Crippen molar-refractivity contribution in [1.82, 2.24) is 30.0 Å². The van der Waals surface area contributed by atoms with Crippen molar-refractivity contribution in [2.75, 3.05) is 25.4 Å². The first-order valence-electron chi connectivity index (χ1n) is 16.6. The van der Waals surface area contributed by atoms with Crippen LogP contribution < -0.4 is 5.32 Å². The third kappa shape index (κ3) is 14.4. The molecule has 0 aliphatic rings. The Balaban J connectivity index is 0.000000291. The quantitative estimate of drug-likeness (QED) is 0.134. The van der Waals surface area contributed by atoms with Gasteiger partial charge in [-0.25, -0.2) is 4.98 Å². The smallest absolute Gasteiger partial charge is 0.339 e. The first-order chi connectivity index (χ1) is 24.9. The summed E-state index contributed by atoms with van der Waals surface area (Å²) in [6, 6.07) is 22.5. The molecule has 276 valence electrons. The summed E-state index contributed by atoms with van der Waals surface area (Å²) >= 11 is 7.36. The van der Waals surface area contributed by atoms with Gasteiger partial charge in [-0.3, -0.25) is 19.3 Å². The molecule has 1 unspecified atom stereocenters. The fraction of sp³-hybridized carbons (Fsp3) is 0.378. The van der Waals surface area contributed by atoms with Crippen molar-refractivity contribution in [3.63, 3.8) is 0 Å². The molecule has 0 radical (unpaired) electrons. The Morgan fingerprint density at radius 1 is 0.981 bits per heavy atom. The predicted molar refractivity (Wildman–Crippen MR) is 196 cm³/mol. The number of thioether (sulfide) groups is 1. The van der Waals surface area contributed by atoms with Gasteiger partial charge in [-0.05, 0) is 60.8 Å². The van der Waals surface area contributed by atoms with E-state index in [1.54, 1.807) is 17.1 Å². The molecule has 0 fully saturated rings. The largest absolute Gasteiger partial charge is 0.417 e. The molecule has 15 heteroatoms. The molecule has 2 aromatic heterocycles. The number of alkyl halides is 3. The molecule has 0 saturated carbocycles. The van der Waals surface area contributed by atoms with Gasteiger partial charge < -0.3 is 10.2 Å². The van der Waals surface area contributed by atoms with Crippen molar-refractivity contribution in [3.8, 4) is 12.1 Å². The maximum Gasteiger partial charge on any atom is 0.417 e. The van der Waals surface area contributed by atoms with Gasteiger partial charge in [0.25, 0.3) is 11.1 Å². The summed E-state index contributed by atoms with van der Waals surface area (Å²) < 4.78 is 39.1. The van der Waals surface area contributed by atoms with Crippen LogP contribution in [0, 0.1) is 22.7 Å². The minimum absolute atomic E-state index is 0.237. The van der Waals surface area contributed by atoms with Crippen LogP contribution in [-0.2, 0) is 24.6 Å². The monoisotopic (exact) mass is 754 g/mol. The normalized spacial score (nSPS) is 11.6. The average molecular weight is 755 g/mol. The SMILES string of the molecule is CCCN(CCC)C(=O)SCC.N#CC(CCc1ccc(Cl)cc1)(Cn1cncn1)c1ccccc1.N#CCNC(=O)c1cnccc1C(F)(F)F. The van der Waals surface area contributed by atoms with Crippen molar-refractivity contribution in [3.05, 3.63) is 113 Å². The molecule has 2 heterocycles. The van der Waals surface area contributed by atoms with Gasteiger partial charge >= 0.3 is 6.18 Å². The lowest BCUT2D eigenvalue weighted by molar-refractivity contribution is -0.138. The van der Waals surface area contributed by atoms with E-state index in [1.807, 2.05) is 71.7 Å². The van der Waals surface area contributed by atoms with E-state index in [9.17, 15) is 28.0 Å². The van der Waals surface area contributed by atoms with Gasteiger partial charge in [-0.2, -0.15) is 28.8 Å². The van der Waals surface area contributed by atoms with E-state index in [-0.39, 0.29) is 11.8 Å².